The highest BCUT2D eigenvalue weighted by atomic mass is 16.5. The number of hydrogen-bond donors (Lipinski definition) is 1. The van der Waals surface area contributed by atoms with Crippen LogP contribution in [0.2, 0.25) is 0 Å². The van der Waals surface area contributed by atoms with Crippen LogP contribution in [0.1, 0.15) is 32.6 Å². The van der Waals surface area contributed by atoms with Crippen molar-refractivity contribution in [3.63, 3.8) is 0 Å². The monoisotopic (exact) mass is 171 g/mol. The summed E-state index contributed by atoms with van der Waals surface area (Å²) in [6, 6.07) is 0.789. The molecule has 1 saturated carbocycles. The predicted molar refractivity (Wildman–Crippen MR) is 51.3 cm³/mol. The van der Waals surface area contributed by atoms with Crippen LogP contribution in [0.25, 0.3) is 0 Å². The molecule has 0 unspecified atom stereocenters. The molecular weight excluding hydrogens is 150 g/mol. The summed E-state index contributed by atoms with van der Waals surface area (Å²) < 4.78 is 4.99. The van der Waals surface area contributed by atoms with E-state index in [0.29, 0.717) is 0 Å². The highest BCUT2D eigenvalue weighted by Crippen LogP contribution is 2.24. The molecule has 0 aromatic heterocycles. The SMILES string of the molecule is COCCCN[C@@H]1CC[C@H](C)C1. The molecule has 0 amide bonds. The van der Waals surface area contributed by atoms with Crippen LogP contribution in [0.5, 0.6) is 0 Å². The topological polar surface area (TPSA) is 21.3 Å². The normalized spacial score (nSPS) is 29.5. The molecule has 72 valence electrons. The molecule has 0 radical (unpaired) electrons. The Balaban J connectivity index is 1.93. The average Bonchev–Trinajstić information content (AvgIpc) is 2.45. The Morgan fingerprint density at radius 1 is 1.42 bits per heavy atom. The van der Waals surface area contributed by atoms with Crippen molar-refractivity contribution in [2.24, 2.45) is 5.92 Å². The summed E-state index contributed by atoms with van der Waals surface area (Å²) in [7, 11) is 1.76. The van der Waals surface area contributed by atoms with E-state index >= 15 is 0 Å². The van der Waals surface area contributed by atoms with Gasteiger partial charge in [-0.2, -0.15) is 0 Å². The van der Waals surface area contributed by atoms with Crippen molar-refractivity contribution in [1.29, 1.82) is 0 Å². The van der Waals surface area contributed by atoms with Gasteiger partial charge in [0, 0.05) is 19.8 Å². The lowest BCUT2D eigenvalue weighted by atomic mass is 10.1. The van der Waals surface area contributed by atoms with E-state index in [9.17, 15) is 0 Å². The second-order valence-corrected chi connectivity index (χ2v) is 3.92. The van der Waals surface area contributed by atoms with Gasteiger partial charge in [0.1, 0.15) is 0 Å². The fourth-order valence-corrected chi connectivity index (χ4v) is 1.92. The van der Waals surface area contributed by atoms with Crippen LogP contribution in [0, 0.1) is 5.92 Å². The van der Waals surface area contributed by atoms with E-state index in [4.69, 9.17) is 4.74 Å². The summed E-state index contributed by atoms with van der Waals surface area (Å²) in [5.74, 6) is 0.935. The fourth-order valence-electron chi connectivity index (χ4n) is 1.92. The Morgan fingerprint density at radius 2 is 2.25 bits per heavy atom. The standard InChI is InChI=1S/C10H21NO/c1-9-4-5-10(8-9)11-6-3-7-12-2/h9-11H,3-8H2,1-2H3/t9-,10+/m0/s1. The number of methoxy groups -OCH3 is 1. The van der Waals surface area contributed by atoms with Gasteiger partial charge in [0.25, 0.3) is 0 Å². The highest BCUT2D eigenvalue weighted by Gasteiger charge is 2.19. The van der Waals surface area contributed by atoms with Gasteiger partial charge in [-0.1, -0.05) is 6.92 Å². The first-order valence-corrected chi connectivity index (χ1v) is 5.05. The molecule has 1 rings (SSSR count). The summed E-state index contributed by atoms with van der Waals surface area (Å²) in [6.07, 6.45) is 5.28. The zero-order chi connectivity index (χ0) is 8.81. The molecule has 0 spiro atoms. The molecular formula is C10H21NO. The van der Waals surface area contributed by atoms with Gasteiger partial charge in [0.2, 0.25) is 0 Å². The smallest absolute Gasteiger partial charge is 0.0474 e. The number of rotatable bonds is 5. The molecule has 1 aliphatic carbocycles. The van der Waals surface area contributed by atoms with E-state index in [1.807, 2.05) is 0 Å². The van der Waals surface area contributed by atoms with Gasteiger partial charge < -0.3 is 10.1 Å². The van der Waals surface area contributed by atoms with Crippen LogP contribution in [0.15, 0.2) is 0 Å². The van der Waals surface area contributed by atoms with Gasteiger partial charge in [0.15, 0.2) is 0 Å². The largest absolute Gasteiger partial charge is 0.385 e. The molecule has 0 heterocycles. The first kappa shape index (κ1) is 10.0. The third-order valence-electron chi connectivity index (χ3n) is 2.65. The minimum absolute atomic E-state index is 0.789. The van der Waals surface area contributed by atoms with Crippen LogP contribution in [-0.2, 0) is 4.74 Å². The summed E-state index contributed by atoms with van der Waals surface area (Å²) in [5, 5.41) is 3.57. The van der Waals surface area contributed by atoms with E-state index in [0.717, 1.165) is 31.5 Å². The minimum Gasteiger partial charge on any atom is -0.385 e. The van der Waals surface area contributed by atoms with Crippen molar-refractivity contribution >= 4 is 0 Å². The maximum Gasteiger partial charge on any atom is 0.0474 e. The molecule has 0 aliphatic heterocycles. The molecule has 0 aromatic carbocycles. The van der Waals surface area contributed by atoms with Crippen molar-refractivity contribution in [2.45, 2.75) is 38.6 Å². The molecule has 0 aromatic rings. The molecule has 12 heavy (non-hydrogen) atoms. The molecule has 0 bridgehead atoms. The minimum atomic E-state index is 0.789. The molecule has 2 heteroatoms. The second-order valence-electron chi connectivity index (χ2n) is 3.92. The Kier molecular flexibility index (Phi) is 4.62. The van der Waals surface area contributed by atoms with E-state index in [2.05, 4.69) is 12.2 Å². The van der Waals surface area contributed by atoms with Crippen LogP contribution in [0.3, 0.4) is 0 Å². The first-order chi connectivity index (χ1) is 5.83. The van der Waals surface area contributed by atoms with Crippen molar-refractivity contribution in [3.05, 3.63) is 0 Å². The molecule has 1 aliphatic rings. The van der Waals surface area contributed by atoms with E-state index < -0.39 is 0 Å². The van der Waals surface area contributed by atoms with E-state index in [1.54, 1.807) is 7.11 Å². The zero-order valence-electron chi connectivity index (χ0n) is 8.31. The Labute approximate surface area is 75.7 Å². The van der Waals surface area contributed by atoms with Crippen LogP contribution in [0.4, 0.5) is 0 Å². The molecule has 2 atom stereocenters. The van der Waals surface area contributed by atoms with Crippen molar-refractivity contribution in [1.82, 2.24) is 5.32 Å². The first-order valence-electron chi connectivity index (χ1n) is 5.05. The number of ether oxygens (including phenoxy) is 1. The Bertz CT molecular complexity index is 116. The van der Waals surface area contributed by atoms with Gasteiger partial charge in [-0.25, -0.2) is 0 Å². The maximum absolute atomic E-state index is 4.99. The lowest BCUT2D eigenvalue weighted by molar-refractivity contribution is 0.193. The van der Waals surface area contributed by atoms with Gasteiger partial charge >= 0.3 is 0 Å². The fraction of sp³-hybridized carbons (Fsp3) is 1.00. The van der Waals surface area contributed by atoms with Gasteiger partial charge in [0.05, 0.1) is 0 Å². The highest BCUT2D eigenvalue weighted by molar-refractivity contribution is 4.77. The quantitative estimate of drug-likeness (QED) is 0.637. The Hall–Kier alpha value is -0.0800. The van der Waals surface area contributed by atoms with Crippen molar-refractivity contribution < 1.29 is 4.74 Å². The van der Waals surface area contributed by atoms with E-state index in [-0.39, 0.29) is 0 Å². The third kappa shape index (κ3) is 3.55. The molecule has 1 fully saturated rings. The van der Waals surface area contributed by atoms with Gasteiger partial charge in [-0.05, 0) is 38.1 Å². The van der Waals surface area contributed by atoms with Crippen LogP contribution < -0.4 is 5.32 Å². The molecule has 0 saturated heterocycles. The van der Waals surface area contributed by atoms with Gasteiger partial charge in [-0.15, -0.1) is 0 Å². The second kappa shape index (κ2) is 5.55. The predicted octanol–water partition coefficient (Wildman–Crippen LogP) is 1.80. The molecule has 2 nitrogen and oxygen atoms in total. The van der Waals surface area contributed by atoms with Gasteiger partial charge in [-0.3, -0.25) is 0 Å². The van der Waals surface area contributed by atoms with Crippen molar-refractivity contribution in [2.75, 3.05) is 20.3 Å². The third-order valence-corrected chi connectivity index (χ3v) is 2.65. The lowest BCUT2D eigenvalue weighted by Crippen LogP contribution is -2.27. The average molecular weight is 171 g/mol. The zero-order valence-corrected chi connectivity index (χ0v) is 8.31. The summed E-state index contributed by atoms with van der Waals surface area (Å²) >= 11 is 0. The summed E-state index contributed by atoms with van der Waals surface area (Å²) in [5.41, 5.74) is 0. The number of nitrogens with one attached hydrogen (secondary N) is 1. The van der Waals surface area contributed by atoms with Crippen LogP contribution >= 0.6 is 0 Å². The van der Waals surface area contributed by atoms with Crippen molar-refractivity contribution in [3.8, 4) is 0 Å². The number of hydrogen-bond acceptors (Lipinski definition) is 2. The molecule has 1 N–H and O–H groups in total. The lowest BCUT2D eigenvalue weighted by Gasteiger charge is -2.11. The van der Waals surface area contributed by atoms with E-state index in [1.165, 1.54) is 19.3 Å². The summed E-state index contributed by atoms with van der Waals surface area (Å²) in [6.45, 7) is 4.34. The van der Waals surface area contributed by atoms with Crippen LogP contribution in [-0.4, -0.2) is 26.3 Å². The summed E-state index contributed by atoms with van der Waals surface area (Å²) in [4.78, 5) is 0. The Morgan fingerprint density at radius 3 is 2.83 bits per heavy atom. The maximum atomic E-state index is 4.99.